The molecule has 9 N–H and O–H groups in total. The molecule has 2 fully saturated rings. The highest BCUT2D eigenvalue weighted by atomic mass is 16.8. The highest BCUT2D eigenvalue weighted by Crippen LogP contribution is 2.37. The number of aliphatic hydroxyl groups excluding tert-OH is 5. The van der Waals surface area contributed by atoms with E-state index in [-0.39, 0.29) is 44.4 Å². The molecule has 12 atom stereocenters. The number of allylic oxidation sites excluding steroid dienone is 1. The molecule has 17 heteroatoms. The molecular weight excluding hydrogens is 648 g/mol. The average molecular weight is 701 g/mol. The van der Waals surface area contributed by atoms with Gasteiger partial charge in [0.1, 0.15) is 31.0 Å². The first-order chi connectivity index (χ1) is 23.4. The molecule has 3 rings (SSSR count). The van der Waals surface area contributed by atoms with Crippen molar-refractivity contribution in [2.24, 2.45) is 34.4 Å². The van der Waals surface area contributed by atoms with E-state index in [9.17, 15) is 35.1 Å². The van der Waals surface area contributed by atoms with Gasteiger partial charge in [-0.25, -0.2) is 4.79 Å². The number of aliphatic hydroxyl groups is 5. The second-order valence-corrected chi connectivity index (χ2v) is 12.5. The summed E-state index contributed by atoms with van der Waals surface area (Å²) in [5.41, 5.74) is 6.20. The number of carbonyl (C=O) groups excluding carboxylic acids is 2. The van der Waals surface area contributed by atoms with Crippen molar-refractivity contribution in [2.75, 3.05) is 53.1 Å². The molecule has 0 aliphatic carbocycles. The smallest absolute Gasteiger partial charge is 0.337 e. The van der Waals surface area contributed by atoms with Crippen LogP contribution in [0.1, 0.15) is 20.3 Å². The summed E-state index contributed by atoms with van der Waals surface area (Å²) in [5.74, 6) is -5.15. The van der Waals surface area contributed by atoms with Gasteiger partial charge in [0.2, 0.25) is 6.29 Å². The largest absolute Gasteiger partial charge is 0.550 e. The number of aliphatic imine (C=N–C) groups is 1. The van der Waals surface area contributed by atoms with Gasteiger partial charge in [0.25, 0.3) is 0 Å². The van der Waals surface area contributed by atoms with E-state index in [1.807, 2.05) is 0 Å². The topological polar surface area (TPSA) is 259 Å². The first kappa shape index (κ1) is 40.3. The summed E-state index contributed by atoms with van der Waals surface area (Å²) in [5, 5.41) is 65.1. The van der Waals surface area contributed by atoms with Crippen LogP contribution in [0.25, 0.3) is 0 Å². The van der Waals surface area contributed by atoms with E-state index < -0.39 is 91.4 Å². The van der Waals surface area contributed by atoms with Gasteiger partial charge in [-0.2, -0.15) is 0 Å². The Hall–Kier alpha value is -3.13. The molecule has 3 aliphatic heterocycles. The Morgan fingerprint density at radius 3 is 2.51 bits per heavy atom. The molecule has 0 amide bonds. The molecule has 0 aromatic carbocycles. The number of nitrogens with one attached hydrogen (secondary N) is 2. The minimum absolute atomic E-state index is 0.00788. The van der Waals surface area contributed by atoms with E-state index in [0.717, 1.165) is 4.90 Å². The van der Waals surface area contributed by atoms with Crippen molar-refractivity contribution in [3.63, 3.8) is 0 Å². The van der Waals surface area contributed by atoms with E-state index in [1.165, 1.54) is 19.4 Å². The molecule has 0 saturated carbocycles. The SMILES string of the molecule is C=CC1C(OC2OC(CO)C(O)C(O)C2OC(C)C)OC=C(C(=O)OC)C1C=CC1C[NH+](CCO)CC(C(=O)[O-])C1NC(N)=NCCCO. The summed E-state index contributed by atoms with van der Waals surface area (Å²) in [6.45, 7) is 7.54. The van der Waals surface area contributed by atoms with Crippen LogP contribution in [-0.2, 0) is 33.3 Å². The molecule has 2 saturated heterocycles. The monoisotopic (exact) mass is 700 g/mol. The van der Waals surface area contributed by atoms with Crippen LogP contribution >= 0.6 is 0 Å². The van der Waals surface area contributed by atoms with Crippen LogP contribution in [0.5, 0.6) is 0 Å². The summed E-state index contributed by atoms with van der Waals surface area (Å²) in [6.07, 6.45) is -1.71. The van der Waals surface area contributed by atoms with Crippen molar-refractivity contribution in [1.29, 1.82) is 0 Å². The van der Waals surface area contributed by atoms with E-state index >= 15 is 0 Å². The normalized spacial score (nSPS) is 35.4. The molecule has 278 valence electrons. The van der Waals surface area contributed by atoms with E-state index in [1.54, 1.807) is 26.0 Å². The van der Waals surface area contributed by atoms with Gasteiger partial charge in [-0.3, -0.25) is 4.99 Å². The first-order valence-corrected chi connectivity index (χ1v) is 16.4. The number of rotatable bonds is 16. The Bertz CT molecular complexity index is 1180. The number of hydrogen-bond donors (Lipinski definition) is 8. The van der Waals surface area contributed by atoms with Crippen LogP contribution in [0, 0.1) is 23.7 Å². The lowest BCUT2D eigenvalue weighted by atomic mass is 9.79. The number of quaternary nitrogens is 1. The van der Waals surface area contributed by atoms with Gasteiger partial charge < -0.3 is 75.1 Å². The second kappa shape index (κ2) is 19.3. The lowest BCUT2D eigenvalue weighted by Crippen LogP contribution is -3.16. The van der Waals surface area contributed by atoms with Crippen LogP contribution in [-0.4, -0.2) is 146 Å². The maximum atomic E-state index is 12.9. The summed E-state index contributed by atoms with van der Waals surface area (Å²) in [7, 11) is 1.21. The lowest BCUT2D eigenvalue weighted by molar-refractivity contribution is -0.911. The van der Waals surface area contributed by atoms with E-state index in [0.29, 0.717) is 13.0 Å². The Balaban J connectivity index is 1.99. The number of hydrogen-bond acceptors (Lipinski definition) is 14. The Morgan fingerprint density at radius 2 is 1.92 bits per heavy atom. The number of methoxy groups -OCH3 is 1. The molecule has 12 unspecified atom stereocenters. The van der Waals surface area contributed by atoms with Crippen molar-refractivity contribution in [1.82, 2.24) is 5.32 Å². The average Bonchev–Trinajstić information content (AvgIpc) is 3.07. The molecular formula is C32H52N4O13. The number of ether oxygens (including phenoxy) is 5. The quantitative estimate of drug-likeness (QED) is 0.0247. The van der Waals surface area contributed by atoms with Gasteiger partial charge in [0, 0.05) is 25.0 Å². The fourth-order valence-corrected chi connectivity index (χ4v) is 6.37. The molecule has 0 spiro atoms. The summed E-state index contributed by atoms with van der Waals surface area (Å²) in [6, 6.07) is -0.783. The minimum atomic E-state index is -1.47. The number of likely N-dealkylation sites (tertiary alicyclic amines) is 1. The van der Waals surface area contributed by atoms with Crippen molar-refractivity contribution in [3.8, 4) is 0 Å². The summed E-state index contributed by atoms with van der Waals surface area (Å²) >= 11 is 0. The number of carboxylic acid groups (broad SMARTS) is 1. The fraction of sp³-hybridized carbons (Fsp3) is 0.719. The van der Waals surface area contributed by atoms with Gasteiger partial charge in [-0.15, -0.1) is 6.58 Å². The van der Waals surface area contributed by atoms with Gasteiger partial charge >= 0.3 is 5.97 Å². The zero-order valence-electron chi connectivity index (χ0n) is 28.1. The third-order valence-corrected chi connectivity index (χ3v) is 8.81. The zero-order chi connectivity index (χ0) is 36.2. The predicted octanol–water partition coefficient (Wildman–Crippen LogP) is -4.85. The van der Waals surface area contributed by atoms with Crippen molar-refractivity contribution in [2.45, 2.75) is 69.4 Å². The van der Waals surface area contributed by atoms with Crippen LogP contribution in [0.3, 0.4) is 0 Å². The number of guanidine groups is 1. The van der Waals surface area contributed by atoms with Gasteiger partial charge in [-0.1, -0.05) is 18.2 Å². The van der Waals surface area contributed by atoms with Crippen molar-refractivity contribution >= 4 is 17.9 Å². The van der Waals surface area contributed by atoms with Crippen LogP contribution in [0.4, 0.5) is 0 Å². The second-order valence-electron chi connectivity index (χ2n) is 12.5. The Morgan fingerprint density at radius 1 is 1.18 bits per heavy atom. The van der Waals surface area contributed by atoms with Gasteiger partial charge in [-0.05, 0) is 20.3 Å². The Kier molecular flexibility index (Phi) is 15.9. The highest BCUT2D eigenvalue weighted by Gasteiger charge is 2.49. The molecule has 0 bridgehead atoms. The number of nitrogens with two attached hydrogens (primary N) is 1. The predicted molar refractivity (Wildman–Crippen MR) is 170 cm³/mol. The van der Waals surface area contributed by atoms with Crippen molar-refractivity contribution < 1.29 is 68.8 Å². The molecule has 17 nitrogen and oxygen atoms in total. The fourth-order valence-electron chi connectivity index (χ4n) is 6.37. The lowest BCUT2D eigenvalue weighted by Gasteiger charge is -2.44. The maximum Gasteiger partial charge on any atom is 0.337 e. The summed E-state index contributed by atoms with van der Waals surface area (Å²) < 4.78 is 28.6. The van der Waals surface area contributed by atoms with E-state index in [4.69, 9.17) is 34.5 Å². The molecule has 0 aromatic rings. The Labute approximate surface area is 285 Å². The van der Waals surface area contributed by atoms with Crippen LogP contribution in [0.2, 0.25) is 0 Å². The number of carbonyl (C=O) groups is 2. The standard InChI is InChI=1S/C32H52N4O13/c1-5-19-20(8-7-18-13-36(10-12-38)14-21(28(42)43)24(18)35-32(33)34-9-6-11-37)22(29(44)45-4)16-46-30(19)49-31-27(47-17(2)3)26(41)25(40)23(15-39)48-31/h5,7-8,16-21,23-27,30-31,37-41H,1,6,9-15H2,2-4H3,(H,42,43)(H3,33,34,35). The summed E-state index contributed by atoms with van der Waals surface area (Å²) in [4.78, 5) is 30.3. The highest BCUT2D eigenvalue weighted by molar-refractivity contribution is 5.89. The first-order valence-electron chi connectivity index (χ1n) is 16.4. The number of nitrogens with zero attached hydrogens (tertiary/aromatic N) is 1. The van der Waals surface area contributed by atoms with Crippen molar-refractivity contribution in [3.05, 3.63) is 36.6 Å². The molecule has 3 aliphatic rings. The third kappa shape index (κ3) is 10.4. The zero-order valence-corrected chi connectivity index (χ0v) is 28.1. The molecule has 0 aromatic heterocycles. The minimum Gasteiger partial charge on any atom is -0.550 e. The third-order valence-electron chi connectivity index (χ3n) is 8.81. The van der Waals surface area contributed by atoms with E-state index in [2.05, 4.69) is 16.9 Å². The number of carboxylic acids is 1. The van der Waals surface area contributed by atoms with Gasteiger partial charge in [0.15, 0.2) is 12.2 Å². The van der Waals surface area contributed by atoms with Gasteiger partial charge in [0.05, 0.1) is 75.2 Å². The molecule has 0 radical (unpaired) electrons. The number of esters is 1. The molecule has 3 heterocycles. The maximum absolute atomic E-state index is 12.9. The van der Waals surface area contributed by atoms with Crippen LogP contribution < -0.4 is 21.1 Å². The number of piperidine rings is 1. The number of aliphatic carboxylic acids is 1. The van der Waals surface area contributed by atoms with Crippen LogP contribution in [0.15, 0.2) is 41.6 Å². The molecule has 49 heavy (non-hydrogen) atoms.